The van der Waals surface area contributed by atoms with E-state index < -0.39 is 0 Å². The highest BCUT2D eigenvalue weighted by molar-refractivity contribution is 5.22. The molecule has 1 unspecified atom stereocenters. The summed E-state index contributed by atoms with van der Waals surface area (Å²) >= 11 is 0. The summed E-state index contributed by atoms with van der Waals surface area (Å²) in [6, 6.07) is 9.15. The zero-order chi connectivity index (χ0) is 16.9. The lowest BCUT2D eigenvalue weighted by molar-refractivity contribution is 0.377. The minimum absolute atomic E-state index is 0.140. The van der Waals surface area contributed by atoms with Gasteiger partial charge in [0, 0.05) is 12.5 Å². The van der Waals surface area contributed by atoms with Crippen LogP contribution >= 0.6 is 0 Å². The van der Waals surface area contributed by atoms with Gasteiger partial charge in [0.2, 0.25) is 0 Å². The van der Waals surface area contributed by atoms with E-state index in [2.05, 4.69) is 37.8 Å². The van der Waals surface area contributed by atoms with Gasteiger partial charge in [-0.25, -0.2) is 0 Å². The first-order valence-electron chi connectivity index (χ1n) is 9.32. The van der Waals surface area contributed by atoms with Crippen LogP contribution in [0, 0.1) is 0 Å². The summed E-state index contributed by atoms with van der Waals surface area (Å²) in [6.45, 7) is 5.76. The fourth-order valence-electron chi connectivity index (χ4n) is 2.83. The second-order valence-corrected chi connectivity index (χ2v) is 6.74. The Morgan fingerprint density at radius 2 is 1.52 bits per heavy atom. The molecule has 1 aromatic carbocycles. The molecular weight excluding hydrogens is 282 g/mol. The van der Waals surface area contributed by atoms with Crippen LogP contribution in [0.5, 0.6) is 0 Å². The van der Waals surface area contributed by atoms with Crippen LogP contribution < -0.4 is 5.73 Å². The molecule has 1 rings (SSSR count). The summed E-state index contributed by atoms with van der Waals surface area (Å²) in [5, 5.41) is 9.10. The van der Waals surface area contributed by atoms with E-state index in [4.69, 9.17) is 10.8 Å². The molecule has 0 aliphatic rings. The average molecular weight is 318 g/mol. The predicted octanol–water partition coefficient (Wildman–Crippen LogP) is 5.70. The molecule has 130 valence electrons. The number of rotatable bonds is 13. The van der Waals surface area contributed by atoms with Gasteiger partial charge in [-0.15, -0.1) is 0 Å². The standard InChI is InChI=1S/C21H35NO/c1-3-4-5-6-7-8-9-19-11-13-20(14-12-19)15-17-21(22)16-10-18(2)23/h11-14,21,23H,2-10,15-17,22H2,1H3. The first kappa shape index (κ1) is 19.8. The van der Waals surface area contributed by atoms with E-state index in [0.717, 1.165) is 19.3 Å². The van der Waals surface area contributed by atoms with Crippen LogP contribution in [-0.2, 0) is 12.8 Å². The van der Waals surface area contributed by atoms with Crippen LogP contribution in [0.4, 0.5) is 0 Å². The Balaban J connectivity index is 2.18. The highest BCUT2D eigenvalue weighted by Crippen LogP contribution is 2.13. The van der Waals surface area contributed by atoms with Gasteiger partial charge < -0.3 is 10.8 Å². The molecule has 0 aliphatic carbocycles. The summed E-state index contributed by atoms with van der Waals surface area (Å²) < 4.78 is 0. The monoisotopic (exact) mass is 317 g/mol. The van der Waals surface area contributed by atoms with Crippen molar-refractivity contribution in [3.8, 4) is 0 Å². The average Bonchev–Trinajstić information content (AvgIpc) is 2.55. The van der Waals surface area contributed by atoms with Crippen molar-refractivity contribution in [1.29, 1.82) is 0 Å². The molecule has 1 aromatic rings. The maximum atomic E-state index is 9.10. The number of aliphatic hydroxyl groups is 1. The summed E-state index contributed by atoms with van der Waals surface area (Å²) in [7, 11) is 0. The molecule has 2 heteroatoms. The van der Waals surface area contributed by atoms with Crippen molar-refractivity contribution >= 4 is 0 Å². The second-order valence-electron chi connectivity index (χ2n) is 6.74. The number of hydrogen-bond donors (Lipinski definition) is 2. The topological polar surface area (TPSA) is 46.2 Å². The van der Waals surface area contributed by atoms with E-state index in [1.54, 1.807) is 0 Å². The van der Waals surface area contributed by atoms with Gasteiger partial charge in [0.25, 0.3) is 0 Å². The Labute approximate surface area is 142 Å². The number of aliphatic hydroxyl groups excluding tert-OH is 1. The zero-order valence-corrected chi connectivity index (χ0v) is 14.9. The summed E-state index contributed by atoms with van der Waals surface area (Å²) in [5.74, 6) is 0.236. The molecule has 0 heterocycles. The minimum Gasteiger partial charge on any atom is -0.513 e. The van der Waals surface area contributed by atoms with Crippen molar-refractivity contribution in [2.24, 2.45) is 5.73 Å². The second kappa shape index (κ2) is 12.2. The molecule has 3 N–H and O–H groups in total. The maximum Gasteiger partial charge on any atom is 0.0851 e. The predicted molar refractivity (Wildman–Crippen MR) is 101 cm³/mol. The molecule has 0 fully saturated rings. The molecule has 0 amide bonds. The van der Waals surface area contributed by atoms with E-state index in [9.17, 15) is 0 Å². The quantitative estimate of drug-likeness (QED) is 0.362. The van der Waals surface area contributed by atoms with Crippen LogP contribution in [0.15, 0.2) is 36.6 Å². The number of benzene rings is 1. The number of nitrogens with two attached hydrogens (primary N) is 1. The lowest BCUT2D eigenvalue weighted by atomic mass is 9.99. The van der Waals surface area contributed by atoms with Crippen LogP contribution in [0.2, 0.25) is 0 Å². The number of unbranched alkanes of at least 4 members (excludes halogenated alkanes) is 5. The fraction of sp³-hybridized carbons (Fsp3) is 0.619. The van der Waals surface area contributed by atoms with Crippen LogP contribution in [-0.4, -0.2) is 11.1 Å². The SMILES string of the molecule is C=C(O)CCC(N)CCc1ccc(CCCCCCCC)cc1. The molecule has 1 atom stereocenters. The Morgan fingerprint density at radius 1 is 0.957 bits per heavy atom. The first-order chi connectivity index (χ1) is 11.1. The number of hydrogen-bond acceptors (Lipinski definition) is 2. The van der Waals surface area contributed by atoms with E-state index in [0.29, 0.717) is 6.42 Å². The molecule has 0 saturated carbocycles. The fourth-order valence-corrected chi connectivity index (χ4v) is 2.83. The first-order valence-corrected chi connectivity index (χ1v) is 9.32. The molecule has 2 nitrogen and oxygen atoms in total. The van der Waals surface area contributed by atoms with Crippen LogP contribution in [0.1, 0.15) is 75.8 Å². The third kappa shape index (κ3) is 10.2. The van der Waals surface area contributed by atoms with Gasteiger partial charge in [-0.1, -0.05) is 69.9 Å². The van der Waals surface area contributed by atoms with Gasteiger partial charge in [0.15, 0.2) is 0 Å². The Kier molecular flexibility index (Phi) is 10.5. The van der Waals surface area contributed by atoms with Crippen LogP contribution in [0.3, 0.4) is 0 Å². The number of aryl methyl sites for hydroxylation is 2. The summed E-state index contributed by atoms with van der Waals surface area (Å²) in [5.41, 5.74) is 8.87. The van der Waals surface area contributed by atoms with Gasteiger partial charge in [-0.2, -0.15) is 0 Å². The molecule has 0 spiro atoms. The maximum absolute atomic E-state index is 9.10. The number of allylic oxidation sites excluding steroid dienone is 1. The Hall–Kier alpha value is -1.28. The van der Waals surface area contributed by atoms with Crippen molar-refractivity contribution in [3.05, 3.63) is 47.7 Å². The third-order valence-electron chi connectivity index (χ3n) is 4.45. The van der Waals surface area contributed by atoms with Crippen molar-refractivity contribution in [1.82, 2.24) is 0 Å². The van der Waals surface area contributed by atoms with Gasteiger partial charge in [0.05, 0.1) is 5.76 Å². The van der Waals surface area contributed by atoms with E-state index in [1.807, 2.05) is 0 Å². The molecule has 0 aliphatic heterocycles. The molecule has 0 bridgehead atoms. The summed E-state index contributed by atoms with van der Waals surface area (Å²) in [6.07, 6.45) is 12.7. The molecule has 0 radical (unpaired) electrons. The van der Waals surface area contributed by atoms with Crippen molar-refractivity contribution in [3.63, 3.8) is 0 Å². The van der Waals surface area contributed by atoms with Crippen molar-refractivity contribution in [2.75, 3.05) is 0 Å². The van der Waals surface area contributed by atoms with Crippen LogP contribution in [0.25, 0.3) is 0 Å². The highest BCUT2D eigenvalue weighted by atomic mass is 16.3. The minimum atomic E-state index is 0.140. The Morgan fingerprint density at radius 3 is 2.13 bits per heavy atom. The van der Waals surface area contributed by atoms with E-state index in [-0.39, 0.29) is 11.8 Å². The molecule has 0 saturated heterocycles. The highest BCUT2D eigenvalue weighted by Gasteiger charge is 2.04. The van der Waals surface area contributed by atoms with E-state index in [1.165, 1.54) is 56.1 Å². The smallest absolute Gasteiger partial charge is 0.0851 e. The van der Waals surface area contributed by atoms with Gasteiger partial charge in [-0.3, -0.25) is 0 Å². The Bertz CT molecular complexity index is 424. The van der Waals surface area contributed by atoms with Gasteiger partial charge in [-0.05, 0) is 43.2 Å². The molecular formula is C21H35NO. The molecule has 0 aromatic heterocycles. The van der Waals surface area contributed by atoms with Gasteiger partial charge in [0.1, 0.15) is 0 Å². The molecule has 23 heavy (non-hydrogen) atoms. The zero-order valence-electron chi connectivity index (χ0n) is 14.9. The lowest BCUT2D eigenvalue weighted by Gasteiger charge is -2.11. The van der Waals surface area contributed by atoms with Crippen molar-refractivity contribution in [2.45, 2.75) is 83.6 Å². The largest absolute Gasteiger partial charge is 0.513 e. The van der Waals surface area contributed by atoms with Crippen molar-refractivity contribution < 1.29 is 5.11 Å². The normalized spacial score (nSPS) is 12.3. The van der Waals surface area contributed by atoms with Gasteiger partial charge >= 0.3 is 0 Å². The third-order valence-corrected chi connectivity index (χ3v) is 4.45. The summed E-state index contributed by atoms with van der Waals surface area (Å²) in [4.78, 5) is 0. The van der Waals surface area contributed by atoms with E-state index >= 15 is 0 Å². The lowest BCUT2D eigenvalue weighted by Crippen LogP contribution is -2.20.